The predicted octanol–water partition coefficient (Wildman–Crippen LogP) is 3.75. The number of nitrogens with one attached hydrogen (secondary N) is 1. The fraction of sp³-hybridized carbons (Fsp3) is 0.391. The molecule has 3 N–H and O–H groups in total. The van der Waals surface area contributed by atoms with Gasteiger partial charge in [-0.05, 0) is 29.7 Å². The second-order valence-electron chi connectivity index (χ2n) is 7.92. The minimum absolute atomic E-state index is 0.0589. The van der Waals surface area contributed by atoms with E-state index < -0.39 is 11.7 Å². The van der Waals surface area contributed by atoms with E-state index in [1.807, 2.05) is 44.2 Å². The van der Waals surface area contributed by atoms with E-state index >= 15 is 0 Å². The van der Waals surface area contributed by atoms with Crippen molar-refractivity contribution in [3.63, 3.8) is 0 Å². The van der Waals surface area contributed by atoms with Gasteiger partial charge in [0.15, 0.2) is 0 Å². The van der Waals surface area contributed by atoms with Gasteiger partial charge in [-0.25, -0.2) is 4.98 Å². The molecule has 0 fully saturated rings. The summed E-state index contributed by atoms with van der Waals surface area (Å²) in [7, 11) is 0. The summed E-state index contributed by atoms with van der Waals surface area (Å²) in [6.07, 6.45) is -4.50. The second kappa shape index (κ2) is 9.62. The summed E-state index contributed by atoms with van der Waals surface area (Å²) < 4.78 is 41.3. The van der Waals surface area contributed by atoms with E-state index in [9.17, 15) is 18.0 Å². The number of alkyl halides is 3. The van der Waals surface area contributed by atoms with Gasteiger partial charge in [0.25, 0.3) is 5.56 Å². The molecular weight excluding hydrogens is 405 g/mol. The van der Waals surface area contributed by atoms with Crippen LogP contribution in [0.25, 0.3) is 10.9 Å². The van der Waals surface area contributed by atoms with Crippen LogP contribution < -0.4 is 16.6 Å². The lowest BCUT2D eigenvalue weighted by atomic mass is 9.94. The van der Waals surface area contributed by atoms with Crippen molar-refractivity contribution in [2.45, 2.75) is 32.5 Å². The van der Waals surface area contributed by atoms with Gasteiger partial charge in [0, 0.05) is 25.6 Å². The molecule has 0 radical (unpaired) electrons. The van der Waals surface area contributed by atoms with E-state index in [1.165, 1.54) is 6.07 Å². The summed E-state index contributed by atoms with van der Waals surface area (Å²) in [6, 6.07) is 12.6. The third-order valence-corrected chi connectivity index (χ3v) is 5.32. The van der Waals surface area contributed by atoms with Gasteiger partial charge in [-0.3, -0.25) is 9.36 Å². The second-order valence-corrected chi connectivity index (χ2v) is 7.92. The minimum atomic E-state index is -4.50. The van der Waals surface area contributed by atoms with Crippen molar-refractivity contribution >= 4 is 10.9 Å². The van der Waals surface area contributed by atoms with Crippen LogP contribution in [0.4, 0.5) is 13.2 Å². The topological polar surface area (TPSA) is 72.9 Å². The highest BCUT2D eigenvalue weighted by Gasteiger charge is 2.31. The monoisotopic (exact) mass is 432 g/mol. The molecule has 1 heterocycles. The van der Waals surface area contributed by atoms with E-state index in [0.717, 1.165) is 17.7 Å². The maximum Gasteiger partial charge on any atom is 0.416 e. The number of rotatable bonds is 8. The van der Waals surface area contributed by atoms with Gasteiger partial charge in [0.05, 0.1) is 23.0 Å². The molecule has 0 aliphatic carbocycles. The average molecular weight is 432 g/mol. The van der Waals surface area contributed by atoms with Crippen LogP contribution in [0.5, 0.6) is 0 Å². The van der Waals surface area contributed by atoms with Crippen LogP contribution in [-0.4, -0.2) is 29.2 Å². The van der Waals surface area contributed by atoms with Crippen molar-refractivity contribution in [2.24, 2.45) is 11.7 Å². The van der Waals surface area contributed by atoms with Gasteiger partial charge in [0.2, 0.25) is 0 Å². The Kier molecular flexibility index (Phi) is 7.12. The molecule has 0 bridgehead atoms. The third-order valence-electron chi connectivity index (χ3n) is 5.32. The highest BCUT2D eigenvalue weighted by atomic mass is 19.4. The Labute approximate surface area is 179 Å². The number of halogens is 3. The van der Waals surface area contributed by atoms with Crippen LogP contribution in [0.2, 0.25) is 0 Å². The quantitative estimate of drug-likeness (QED) is 0.532. The van der Waals surface area contributed by atoms with E-state index in [2.05, 4.69) is 10.3 Å². The zero-order valence-corrected chi connectivity index (χ0v) is 17.6. The molecule has 3 aromatic rings. The van der Waals surface area contributed by atoms with Crippen molar-refractivity contribution in [1.29, 1.82) is 0 Å². The predicted molar refractivity (Wildman–Crippen MR) is 116 cm³/mol. The lowest BCUT2D eigenvalue weighted by Gasteiger charge is -2.25. The Balaban J connectivity index is 2.20. The lowest BCUT2D eigenvalue weighted by molar-refractivity contribution is -0.137. The number of aromatic nitrogens is 2. The van der Waals surface area contributed by atoms with Crippen LogP contribution in [-0.2, 0) is 12.7 Å². The molecule has 0 spiro atoms. The van der Waals surface area contributed by atoms with Gasteiger partial charge < -0.3 is 11.1 Å². The highest BCUT2D eigenvalue weighted by molar-refractivity contribution is 5.78. The molecule has 8 heteroatoms. The number of nitrogens with two attached hydrogens (primary N) is 1. The first-order valence-electron chi connectivity index (χ1n) is 10.3. The van der Waals surface area contributed by atoms with Crippen LogP contribution in [0.3, 0.4) is 0 Å². The molecule has 1 atom stereocenters. The molecule has 0 saturated heterocycles. The first-order valence-corrected chi connectivity index (χ1v) is 10.3. The number of nitrogens with zero attached hydrogens (tertiary/aromatic N) is 2. The van der Waals surface area contributed by atoms with Crippen molar-refractivity contribution in [1.82, 2.24) is 14.9 Å². The fourth-order valence-electron chi connectivity index (χ4n) is 3.60. The average Bonchev–Trinajstić information content (AvgIpc) is 2.73. The SMILES string of the molecule is CC(C)C(CNCCN)c1nc2cc(C(F)(F)F)ccc2c(=O)n1Cc1ccccc1. The van der Waals surface area contributed by atoms with E-state index in [1.54, 1.807) is 4.57 Å². The molecule has 3 rings (SSSR count). The molecule has 166 valence electrons. The lowest BCUT2D eigenvalue weighted by Crippen LogP contribution is -2.35. The Bertz CT molecular complexity index is 1080. The van der Waals surface area contributed by atoms with E-state index in [0.29, 0.717) is 32.0 Å². The summed E-state index contributed by atoms with van der Waals surface area (Å²) in [5.41, 5.74) is 5.39. The Morgan fingerprint density at radius 3 is 2.45 bits per heavy atom. The minimum Gasteiger partial charge on any atom is -0.329 e. The van der Waals surface area contributed by atoms with Crippen LogP contribution >= 0.6 is 0 Å². The number of fused-ring (bicyclic) bond motifs is 1. The van der Waals surface area contributed by atoms with Crippen molar-refractivity contribution in [2.75, 3.05) is 19.6 Å². The maximum atomic E-state index is 13.4. The molecule has 0 saturated carbocycles. The molecule has 1 unspecified atom stereocenters. The summed E-state index contributed by atoms with van der Waals surface area (Å²) in [5.74, 6) is 0.393. The molecule has 0 aliphatic heterocycles. The van der Waals surface area contributed by atoms with E-state index in [4.69, 9.17) is 5.73 Å². The molecule has 0 aliphatic rings. The standard InChI is InChI=1S/C23H27F3N4O/c1-15(2)19(13-28-11-10-27)21-29-20-12-17(23(24,25)26)8-9-18(20)22(31)30(21)14-16-6-4-3-5-7-16/h3-9,12,15,19,28H,10-11,13-14,27H2,1-2H3. The molecule has 31 heavy (non-hydrogen) atoms. The first-order chi connectivity index (χ1) is 14.7. The van der Waals surface area contributed by atoms with Gasteiger partial charge in [0.1, 0.15) is 5.82 Å². The Morgan fingerprint density at radius 2 is 1.84 bits per heavy atom. The smallest absolute Gasteiger partial charge is 0.329 e. The zero-order valence-electron chi connectivity index (χ0n) is 17.6. The maximum absolute atomic E-state index is 13.4. The highest BCUT2D eigenvalue weighted by Crippen LogP contribution is 2.31. The van der Waals surface area contributed by atoms with Gasteiger partial charge in [-0.1, -0.05) is 44.2 Å². The van der Waals surface area contributed by atoms with Crippen LogP contribution in [0.1, 0.15) is 36.7 Å². The summed E-state index contributed by atoms with van der Waals surface area (Å²) in [5, 5.41) is 3.42. The van der Waals surface area contributed by atoms with Gasteiger partial charge in [-0.2, -0.15) is 13.2 Å². The molecule has 5 nitrogen and oxygen atoms in total. The molecule has 1 aromatic heterocycles. The van der Waals surface area contributed by atoms with Crippen molar-refractivity contribution in [3.05, 3.63) is 75.8 Å². The Morgan fingerprint density at radius 1 is 1.13 bits per heavy atom. The molecule has 2 aromatic carbocycles. The van der Waals surface area contributed by atoms with Crippen LogP contribution in [0.15, 0.2) is 53.3 Å². The van der Waals surface area contributed by atoms with Gasteiger partial charge in [-0.15, -0.1) is 0 Å². The number of hydrogen-bond acceptors (Lipinski definition) is 4. The normalized spacial score (nSPS) is 13.1. The molecular formula is C23H27F3N4O. The van der Waals surface area contributed by atoms with Crippen molar-refractivity contribution in [3.8, 4) is 0 Å². The fourth-order valence-corrected chi connectivity index (χ4v) is 3.60. The summed E-state index contributed by atoms with van der Waals surface area (Å²) in [6.45, 7) is 5.87. The summed E-state index contributed by atoms with van der Waals surface area (Å²) in [4.78, 5) is 18.0. The first kappa shape index (κ1) is 23.0. The third kappa shape index (κ3) is 5.32. The number of benzene rings is 2. The van der Waals surface area contributed by atoms with Gasteiger partial charge >= 0.3 is 6.18 Å². The zero-order chi connectivity index (χ0) is 22.6. The number of hydrogen-bond donors (Lipinski definition) is 2. The molecule has 0 amide bonds. The largest absolute Gasteiger partial charge is 0.416 e. The Hall–Kier alpha value is -2.71. The van der Waals surface area contributed by atoms with Crippen molar-refractivity contribution < 1.29 is 13.2 Å². The van der Waals surface area contributed by atoms with E-state index in [-0.39, 0.29) is 28.3 Å². The van der Waals surface area contributed by atoms with Crippen LogP contribution in [0, 0.1) is 5.92 Å². The summed E-state index contributed by atoms with van der Waals surface area (Å²) >= 11 is 0.